The summed E-state index contributed by atoms with van der Waals surface area (Å²) in [4.78, 5) is 30.6. The van der Waals surface area contributed by atoms with E-state index in [9.17, 15) is 9.59 Å². The Balaban J connectivity index is 1.72. The zero-order chi connectivity index (χ0) is 27.5. The van der Waals surface area contributed by atoms with Gasteiger partial charge in [-0.05, 0) is 62.0 Å². The van der Waals surface area contributed by atoms with Crippen molar-refractivity contribution in [2.24, 2.45) is 0 Å². The summed E-state index contributed by atoms with van der Waals surface area (Å²) < 4.78 is 1.88. The molecule has 1 atom stereocenters. The van der Waals surface area contributed by atoms with E-state index in [1.165, 1.54) is 0 Å². The Kier molecular flexibility index (Phi) is 8.20. The molecule has 0 bridgehead atoms. The average molecular weight is 560 g/mol. The van der Waals surface area contributed by atoms with E-state index in [4.69, 9.17) is 5.10 Å². The molecule has 0 saturated carbocycles. The van der Waals surface area contributed by atoms with Gasteiger partial charge in [0.2, 0.25) is 11.8 Å². The normalized spacial score (nSPS) is 15.4. The number of aryl methyl sites for hydroxylation is 2. The molecule has 1 aliphatic heterocycles. The summed E-state index contributed by atoms with van der Waals surface area (Å²) in [5, 5.41) is 12.3. The van der Waals surface area contributed by atoms with Crippen LogP contribution in [0.1, 0.15) is 27.5 Å². The number of hydrogen-bond acceptors (Lipinski definition) is 6. The lowest BCUT2D eigenvalue weighted by atomic mass is 10.0. The lowest BCUT2D eigenvalue weighted by molar-refractivity contribution is -0.122. The third kappa shape index (κ3) is 5.80. The topological polar surface area (TPSA) is 70.5 Å². The van der Waals surface area contributed by atoms with Crippen molar-refractivity contribution < 1.29 is 9.59 Å². The van der Waals surface area contributed by atoms with Gasteiger partial charge in [0, 0.05) is 24.2 Å². The molecule has 0 aliphatic carbocycles. The highest BCUT2D eigenvalue weighted by molar-refractivity contribution is 8.00. The van der Waals surface area contributed by atoms with Crippen molar-refractivity contribution in [1.29, 1.82) is 0 Å². The zero-order valence-electron chi connectivity index (χ0n) is 22.7. The molecule has 9 heteroatoms. The molecule has 2 aromatic heterocycles. The molecule has 7 nitrogen and oxygen atoms in total. The first-order valence-corrected chi connectivity index (χ1v) is 14.9. The van der Waals surface area contributed by atoms with Crippen molar-refractivity contribution in [1.82, 2.24) is 20.0 Å². The van der Waals surface area contributed by atoms with E-state index in [0.29, 0.717) is 12.4 Å². The van der Waals surface area contributed by atoms with Crippen LogP contribution >= 0.6 is 23.1 Å². The second-order valence-electron chi connectivity index (χ2n) is 10.0. The largest absolute Gasteiger partial charge is 0.353 e. The van der Waals surface area contributed by atoms with Crippen molar-refractivity contribution in [3.63, 3.8) is 0 Å². The van der Waals surface area contributed by atoms with Gasteiger partial charge in [0.25, 0.3) is 0 Å². The smallest absolute Gasteiger partial charge is 0.240 e. The van der Waals surface area contributed by atoms with Crippen LogP contribution in [0.2, 0.25) is 0 Å². The molecule has 1 aliphatic rings. The highest BCUT2D eigenvalue weighted by atomic mass is 32.2. The molecule has 2 aromatic carbocycles. The fraction of sp³-hybridized carbons (Fsp3) is 0.300. The molecule has 0 radical (unpaired) electrons. The first-order valence-electron chi connectivity index (χ1n) is 12.9. The summed E-state index contributed by atoms with van der Waals surface area (Å²) in [6.45, 7) is 5.28. The van der Waals surface area contributed by atoms with Gasteiger partial charge in [-0.3, -0.25) is 14.5 Å². The maximum atomic E-state index is 13.8. The van der Waals surface area contributed by atoms with Gasteiger partial charge in [0.1, 0.15) is 12.4 Å². The van der Waals surface area contributed by atoms with Gasteiger partial charge in [-0.2, -0.15) is 16.4 Å². The number of hydrogen-bond donors (Lipinski definition) is 1. The molecule has 4 aromatic rings. The minimum atomic E-state index is -0.190. The van der Waals surface area contributed by atoms with Gasteiger partial charge < -0.3 is 10.2 Å². The highest BCUT2D eigenvalue weighted by Gasteiger charge is 2.38. The van der Waals surface area contributed by atoms with Gasteiger partial charge in [0.05, 0.1) is 22.4 Å². The van der Waals surface area contributed by atoms with Crippen molar-refractivity contribution in [2.45, 2.75) is 19.1 Å². The van der Waals surface area contributed by atoms with Gasteiger partial charge in [0.15, 0.2) is 0 Å². The van der Waals surface area contributed by atoms with Gasteiger partial charge in [-0.25, -0.2) is 4.68 Å². The Morgan fingerprint density at radius 2 is 1.92 bits per heavy atom. The minimum Gasteiger partial charge on any atom is -0.353 e. The number of thioether (sulfide) groups is 1. The van der Waals surface area contributed by atoms with Crippen molar-refractivity contribution in [3.05, 3.63) is 87.6 Å². The number of carbonyl (C=O) groups excluding carboxylic acids is 2. The van der Waals surface area contributed by atoms with E-state index in [1.807, 2.05) is 47.9 Å². The Bertz CT molecular complexity index is 1460. The number of amides is 2. The van der Waals surface area contributed by atoms with E-state index in [2.05, 4.69) is 60.3 Å². The molecule has 202 valence electrons. The number of anilines is 1. The van der Waals surface area contributed by atoms with Crippen molar-refractivity contribution in [3.8, 4) is 16.9 Å². The standard InChI is InChI=1S/C30H33N5O2S2/c1-20-10-11-24(21(2)16-20)35-30-27(28(32-35)22-8-6-5-7-9-22)29(23-12-15-38-18-23)39-19-26(37)34(30)17-25(36)31-13-14-33(3)4/h5-12,15-16,18,29H,13-14,17,19H2,1-4H3,(H,31,36)/t29-/m0/s1. The van der Waals surface area contributed by atoms with Crippen LogP contribution in [0.25, 0.3) is 16.9 Å². The maximum absolute atomic E-state index is 13.8. The van der Waals surface area contributed by atoms with E-state index in [1.54, 1.807) is 28.0 Å². The number of nitrogens with zero attached hydrogens (tertiary/aromatic N) is 4. The predicted octanol–water partition coefficient (Wildman–Crippen LogP) is 5.06. The van der Waals surface area contributed by atoms with Gasteiger partial charge in [-0.15, -0.1) is 11.8 Å². The van der Waals surface area contributed by atoms with Crippen LogP contribution in [0.15, 0.2) is 65.4 Å². The maximum Gasteiger partial charge on any atom is 0.240 e. The molecule has 0 saturated heterocycles. The Morgan fingerprint density at radius 1 is 1.13 bits per heavy atom. The number of benzene rings is 2. The zero-order valence-corrected chi connectivity index (χ0v) is 24.3. The lowest BCUT2D eigenvalue weighted by Crippen LogP contribution is -2.43. The van der Waals surface area contributed by atoms with Crippen LogP contribution < -0.4 is 10.2 Å². The fourth-order valence-electron chi connectivity index (χ4n) is 4.85. The molecule has 39 heavy (non-hydrogen) atoms. The van der Waals surface area contributed by atoms with Gasteiger partial charge in [-0.1, -0.05) is 48.0 Å². The summed E-state index contributed by atoms with van der Waals surface area (Å²) in [6.07, 6.45) is 0. The molecule has 3 heterocycles. The van der Waals surface area contributed by atoms with E-state index in [0.717, 1.165) is 45.7 Å². The predicted molar refractivity (Wildman–Crippen MR) is 161 cm³/mol. The second kappa shape index (κ2) is 11.8. The number of likely N-dealkylation sites (N-methyl/N-ethyl adjacent to an activating group) is 1. The third-order valence-corrected chi connectivity index (χ3v) is 8.70. The van der Waals surface area contributed by atoms with Crippen LogP contribution in [0, 0.1) is 13.8 Å². The summed E-state index contributed by atoms with van der Waals surface area (Å²) in [6, 6.07) is 18.4. The van der Waals surface area contributed by atoms with Crippen molar-refractivity contribution >= 4 is 40.7 Å². The van der Waals surface area contributed by atoms with E-state index < -0.39 is 0 Å². The number of carbonyl (C=O) groups is 2. The van der Waals surface area contributed by atoms with Crippen LogP contribution in [0.3, 0.4) is 0 Å². The molecule has 2 amide bonds. The molecule has 0 fully saturated rings. The average Bonchev–Trinajstić information content (AvgIpc) is 3.54. The number of thiophene rings is 1. The Morgan fingerprint density at radius 3 is 2.62 bits per heavy atom. The lowest BCUT2D eigenvalue weighted by Gasteiger charge is -2.24. The molecule has 0 unspecified atom stereocenters. The molecular weight excluding hydrogens is 526 g/mol. The summed E-state index contributed by atoms with van der Waals surface area (Å²) >= 11 is 3.23. The molecule has 5 rings (SSSR count). The Labute approximate surface area is 237 Å². The minimum absolute atomic E-state index is 0.0684. The second-order valence-corrected chi connectivity index (χ2v) is 11.9. The first-order chi connectivity index (χ1) is 18.8. The van der Waals surface area contributed by atoms with E-state index >= 15 is 0 Å². The third-order valence-electron chi connectivity index (χ3n) is 6.75. The summed E-state index contributed by atoms with van der Waals surface area (Å²) in [5.41, 5.74) is 6.97. The van der Waals surface area contributed by atoms with Gasteiger partial charge >= 0.3 is 0 Å². The van der Waals surface area contributed by atoms with Crippen LogP contribution in [-0.2, 0) is 9.59 Å². The fourth-order valence-corrected chi connectivity index (χ4v) is 6.81. The number of aromatic nitrogens is 2. The molecule has 1 N–H and O–H groups in total. The summed E-state index contributed by atoms with van der Waals surface area (Å²) in [5.74, 6) is 0.633. The van der Waals surface area contributed by atoms with Crippen LogP contribution in [0.5, 0.6) is 0 Å². The van der Waals surface area contributed by atoms with Crippen LogP contribution in [-0.4, -0.2) is 66.0 Å². The quantitative estimate of drug-likeness (QED) is 0.327. The first kappa shape index (κ1) is 27.2. The SMILES string of the molecule is Cc1ccc(-n2nc(-c3ccccc3)c3c2N(CC(=O)NCCN(C)C)C(=O)CS[C@H]3c2ccsc2)c(C)c1. The van der Waals surface area contributed by atoms with Crippen LogP contribution in [0.4, 0.5) is 5.82 Å². The highest BCUT2D eigenvalue weighted by Crippen LogP contribution is 2.49. The molecular formula is C30H33N5O2S2. The van der Waals surface area contributed by atoms with E-state index in [-0.39, 0.29) is 29.4 Å². The Hall–Kier alpha value is -3.40. The molecule has 0 spiro atoms. The number of nitrogens with one attached hydrogen (secondary N) is 1. The summed E-state index contributed by atoms with van der Waals surface area (Å²) in [7, 11) is 3.93. The number of fused-ring (bicyclic) bond motifs is 1. The number of rotatable bonds is 8. The van der Waals surface area contributed by atoms with Crippen molar-refractivity contribution in [2.75, 3.05) is 44.4 Å². The monoisotopic (exact) mass is 559 g/mol.